The number of ether oxygens (including phenoxy) is 1. The number of fused-ring (bicyclic) bond motifs is 1. The largest absolute Gasteiger partial charge is 0.494 e. The number of benzene rings is 1. The lowest BCUT2D eigenvalue weighted by Crippen LogP contribution is -2.13. The van der Waals surface area contributed by atoms with E-state index in [2.05, 4.69) is 15.3 Å². The molecule has 2 heterocycles. The number of hydrogen-bond donors (Lipinski definition) is 1. The highest BCUT2D eigenvalue weighted by molar-refractivity contribution is 7.18. The molecule has 1 amide bonds. The van der Waals surface area contributed by atoms with E-state index in [-0.39, 0.29) is 31.7 Å². The highest BCUT2D eigenvalue weighted by Crippen LogP contribution is 2.46. The van der Waals surface area contributed by atoms with Gasteiger partial charge < -0.3 is 10.1 Å². The van der Waals surface area contributed by atoms with Crippen LogP contribution in [0.1, 0.15) is 15.9 Å². The van der Waals surface area contributed by atoms with Gasteiger partial charge in [0.05, 0.1) is 38.6 Å². The lowest BCUT2D eigenvalue weighted by atomic mass is 10.2. The van der Waals surface area contributed by atoms with Crippen LogP contribution in [0.25, 0.3) is 10.2 Å². The average Bonchev–Trinajstić information content (AvgIpc) is 3.03. The Morgan fingerprint density at radius 2 is 1.88 bits per heavy atom. The predicted molar refractivity (Wildman–Crippen MR) is 103 cm³/mol. The van der Waals surface area contributed by atoms with Crippen molar-refractivity contribution < 1.29 is 9.53 Å². The Morgan fingerprint density at radius 1 is 1.16 bits per heavy atom. The molecule has 0 bridgehead atoms. The van der Waals surface area contributed by atoms with Gasteiger partial charge in [-0.1, -0.05) is 46.4 Å². The normalized spacial score (nSPS) is 11.0. The topological polar surface area (TPSA) is 64.1 Å². The quantitative estimate of drug-likeness (QED) is 0.521. The summed E-state index contributed by atoms with van der Waals surface area (Å²) in [5.41, 5.74) is 1.54. The van der Waals surface area contributed by atoms with E-state index < -0.39 is 5.91 Å². The van der Waals surface area contributed by atoms with Gasteiger partial charge in [-0.15, -0.1) is 11.3 Å². The smallest absolute Gasteiger partial charge is 0.258 e. The first-order valence-electron chi connectivity index (χ1n) is 6.76. The van der Waals surface area contributed by atoms with Crippen molar-refractivity contribution >= 4 is 79.6 Å². The van der Waals surface area contributed by atoms with Crippen molar-refractivity contribution in [2.45, 2.75) is 6.92 Å². The standard InChI is InChI=1S/C15H9Cl4N3O2S/c1-5-7(16)11(9(18)12(24-2)8(5)17)22-15(23)6-3-25-13-10(6)20-4-21-14(13)19/h3-4H,1-2H3,(H,22,23). The van der Waals surface area contributed by atoms with Gasteiger partial charge in [0, 0.05) is 5.38 Å². The third kappa shape index (κ3) is 3.13. The minimum absolute atomic E-state index is 0.114. The summed E-state index contributed by atoms with van der Waals surface area (Å²) in [7, 11) is 1.43. The number of anilines is 1. The van der Waals surface area contributed by atoms with Crippen LogP contribution in [0, 0.1) is 6.92 Å². The van der Waals surface area contributed by atoms with Crippen LogP contribution in [0.3, 0.4) is 0 Å². The Balaban J connectivity index is 2.07. The molecule has 0 saturated heterocycles. The first-order chi connectivity index (χ1) is 11.9. The van der Waals surface area contributed by atoms with E-state index in [4.69, 9.17) is 51.1 Å². The number of nitrogens with zero attached hydrogens (tertiary/aromatic N) is 2. The zero-order valence-electron chi connectivity index (χ0n) is 12.8. The van der Waals surface area contributed by atoms with E-state index in [0.717, 1.165) is 0 Å². The van der Waals surface area contributed by atoms with Crippen molar-refractivity contribution in [2.75, 3.05) is 12.4 Å². The maximum Gasteiger partial charge on any atom is 0.258 e. The van der Waals surface area contributed by atoms with Crippen molar-refractivity contribution in [1.29, 1.82) is 0 Å². The van der Waals surface area contributed by atoms with Crippen LogP contribution in [-0.2, 0) is 0 Å². The zero-order chi connectivity index (χ0) is 18.3. The summed E-state index contributed by atoms with van der Waals surface area (Å²) in [5, 5.41) is 5.26. The SMILES string of the molecule is COc1c(Cl)c(C)c(Cl)c(NC(=O)c2csc3c(Cl)ncnc23)c1Cl. The number of nitrogens with one attached hydrogen (secondary N) is 1. The Hall–Kier alpha value is -1.31. The molecule has 25 heavy (non-hydrogen) atoms. The zero-order valence-corrected chi connectivity index (χ0v) is 16.6. The van der Waals surface area contributed by atoms with Gasteiger partial charge in [-0.05, 0) is 12.5 Å². The molecule has 3 aromatic rings. The van der Waals surface area contributed by atoms with E-state index in [1.165, 1.54) is 24.8 Å². The van der Waals surface area contributed by atoms with Crippen molar-refractivity contribution in [3.8, 4) is 5.75 Å². The molecule has 0 saturated carbocycles. The molecule has 0 aliphatic carbocycles. The van der Waals surface area contributed by atoms with Crippen molar-refractivity contribution in [2.24, 2.45) is 0 Å². The molecule has 10 heteroatoms. The molecular formula is C15H9Cl4N3O2S. The molecule has 130 valence electrons. The van der Waals surface area contributed by atoms with Gasteiger partial charge in [0.15, 0.2) is 5.75 Å². The summed E-state index contributed by atoms with van der Waals surface area (Å²) >= 11 is 26.0. The van der Waals surface area contributed by atoms with Crippen LogP contribution in [0.5, 0.6) is 5.75 Å². The second-order valence-electron chi connectivity index (χ2n) is 4.92. The molecule has 2 aromatic heterocycles. The number of carbonyl (C=O) groups excluding carboxylic acids is 1. The van der Waals surface area contributed by atoms with E-state index in [0.29, 0.717) is 21.3 Å². The molecule has 0 aliphatic rings. The third-order valence-electron chi connectivity index (χ3n) is 3.49. The Labute approximate surface area is 166 Å². The summed E-state index contributed by atoms with van der Waals surface area (Å²) in [6.07, 6.45) is 1.30. The molecule has 0 aliphatic heterocycles. The maximum atomic E-state index is 12.7. The molecular weight excluding hydrogens is 428 g/mol. The fourth-order valence-electron chi connectivity index (χ4n) is 2.21. The number of carbonyl (C=O) groups is 1. The number of methoxy groups -OCH3 is 1. The number of rotatable bonds is 3. The number of aromatic nitrogens is 2. The minimum atomic E-state index is -0.436. The first-order valence-corrected chi connectivity index (χ1v) is 9.16. The second-order valence-corrected chi connectivity index (χ2v) is 7.29. The monoisotopic (exact) mass is 435 g/mol. The molecule has 1 aromatic carbocycles. The molecule has 1 N–H and O–H groups in total. The van der Waals surface area contributed by atoms with Crippen molar-refractivity contribution in [3.63, 3.8) is 0 Å². The average molecular weight is 437 g/mol. The molecule has 0 atom stereocenters. The lowest BCUT2D eigenvalue weighted by molar-refractivity contribution is 0.102. The third-order valence-corrected chi connectivity index (χ3v) is 6.16. The van der Waals surface area contributed by atoms with Crippen LogP contribution in [0.15, 0.2) is 11.7 Å². The van der Waals surface area contributed by atoms with Gasteiger partial charge in [0.1, 0.15) is 16.5 Å². The maximum absolute atomic E-state index is 12.7. The predicted octanol–water partition coefficient (Wildman–Crippen LogP) is 5.87. The van der Waals surface area contributed by atoms with Crippen molar-refractivity contribution in [3.05, 3.63) is 43.1 Å². The fourth-order valence-corrected chi connectivity index (χ4v) is 4.32. The number of amides is 1. The van der Waals surface area contributed by atoms with E-state index in [1.54, 1.807) is 12.3 Å². The Bertz CT molecular complexity index is 1010. The molecule has 0 fully saturated rings. The highest BCUT2D eigenvalue weighted by Gasteiger charge is 2.23. The second kappa shape index (κ2) is 7.13. The summed E-state index contributed by atoms with van der Waals surface area (Å²) in [6.45, 7) is 1.70. The minimum Gasteiger partial charge on any atom is -0.494 e. The van der Waals surface area contributed by atoms with Crippen LogP contribution < -0.4 is 10.1 Å². The molecule has 0 radical (unpaired) electrons. The van der Waals surface area contributed by atoms with Gasteiger partial charge in [-0.2, -0.15) is 0 Å². The van der Waals surface area contributed by atoms with Gasteiger partial charge in [-0.3, -0.25) is 4.79 Å². The van der Waals surface area contributed by atoms with Gasteiger partial charge in [0.2, 0.25) is 0 Å². The van der Waals surface area contributed by atoms with Gasteiger partial charge in [-0.25, -0.2) is 9.97 Å². The Morgan fingerprint density at radius 3 is 2.56 bits per heavy atom. The first kappa shape index (κ1) is 18.5. The van der Waals surface area contributed by atoms with Gasteiger partial charge in [0.25, 0.3) is 5.91 Å². The number of halogens is 4. The van der Waals surface area contributed by atoms with Crippen LogP contribution >= 0.6 is 57.7 Å². The summed E-state index contributed by atoms with van der Waals surface area (Å²) in [6, 6.07) is 0. The van der Waals surface area contributed by atoms with Gasteiger partial charge >= 0.3 is 0 Å². The summed E-state index contributed by atoms with van der Waals surface area (Å²) < 4.78 is 5.82. The van der Waals surface area contributed by atoms with Crippen LogP contribution in [0.2, 0.25) is 20.2 Å². The van der Waals surface area contributed by atoms with E-state index in [1.807, 2.05) is 0 Å². The summed E-state index contributed by atoms with van der Waals surface area (Å²) in [4.78, 5) is 20.7. The van der Waals surface area contributed by atoms with Crippen LogP contribution in [-0.4, -0.2) is 23.0 Å². The molecule has 5 nitrogen and oxygen atoms in total. The molecule has 3 rings (SSSR count). The molecule has 0 unspecified atom stereocenters. The summed E-state index contributed by atoms with van der Waals surface area (Å²) in [5.74, 6) is -0.199. The fraction of sp³-hybridized carbons (Fsp3) is 0.133. The Kier molecular flexibility index (Phi) is 5.27. The molecule has 0 spiro atoms. The number of thiophene rings is 1. The lowest BCUT2D eigenvalue weighted by Gasteiger charge is -2.16. The van der Waals surface area contributed by atoms with Crippen molar-refractivity contribution in [1.82, 2.24) is 9.97 Å². The van der Waals surface area contributed by atoms with E-state index >= 15 is 0 Å². The van der Waals surface area contributed by atoms with E-state index in [9.17, 15) is 4.79 Å². The highest BCUT2D eigenvalue weighted by atomic mass is 35.5. The van der Waals surface area contributed by atoms with Crippen LogP contribution in [0.4, 0.5) is 5.69 Å². The number of hydrogen-bond acceptors (Lipinski definition) is 5.